The Morgan fingerprint density at radius 1 is 0.944 bits per heavy atom. The van der Waals surface area contributed by atoms with Crippen molar-refractivity contribution in [3.8, 4) is 0 Å². The summed E-state index contributed by atoms with van der Waals surface area (Å²) in [5.74, 6) is -0.871. The van der Waals surface area contributed by atoms with Gasteiger partial charge in [0, 0.05) is 17.2 Å². The molecule has 0 fully saturated rings. The fraction of sp³-hybridized carbons (Fsp3) is 0. The minimum absolute atomic E-state index is 0.107. The van der Waals surface area contributed by atoms with E-state index in [4.69, 9.17) is 0 Å². The summed E-state index contributed by atoms with van der Waals surface area (Å²) in [4.78, 5) is 11.8. The summed E-state index contributed by atoms with van der Waals surface area (Å²) >= 11 is 0. The van der Waals surface area contributed by atoms with Gasteiger partial charge in [-0.15, -0.1) is 0 Å². The topological polar surface area (TPSA) is 37.3 Å². The first-order valence-electron chi connectivity index (χ1n) is 5.43. The zero-order valence-corrected chi connectivity index (χ0v) is 9.51. The van der Waals surface area contributed by atoms with E-state index >= 15 is 0 Å². The van der Waals surface area contributed by atoms with Crippen molar-refractivity contribution in [3.63, 3.8) is 0 Å². The number of benzene rings is 2. The lowest BCUT2D eigenvalue weighted by Gasteiger charge is -2.00. The lowest BCUT2D eigenvalue weighted by atomic mass is 10.1. The molecule has 0 bridgehead atoms. The lowest BCUT2D eigenvalue weighted by molar-refractivity contribution is 0.104. The number of ketones is 1. The maximum absolute atomic E-state index is 12.7. The zero-order valence-electron chi connectivity index (χ0n) is 9.51. The average molecular weight is 242 g/mol. The van der Waals surface area contributed by atoms with Crippen LogP contribution in [0.3, 0.4) is 0 Å². The van der Waals surface area contributed by atoms with Crippen LogP contribution in [0.5, 0.6) is 0 Å². The second kappa shape index (κ2) is 5.27. The van der Waals surface area contributed by atoms with E-state index in [0.717, 1.165) is 6.08 Å². The van der Waals surface area contributed by atoms with Gasteiger partial charge in [-0.2, -0.15) is 0 Å². The molecule has 0 unspecified atom stereocenters. The van der Waals surface area contributed by atoms with Gasteiger partial charge in [0.25, 0.3) is 0 Å². The molecule has 1 N–H and O–H groups in total. The van der Waals surface area contributed by atoms with Gasteiger partial charge in [-0.1, -0.05) is 30.3 Å². The van der Waals surface area contributed by atoms with Gasteiger partial charge in [-0.05, 0) is 24.3 Å². The van der Waals surface area contributed by atoms with E-state index < -0.39 is 5.82 Å². The normalized spacial score (nSPS) is 11.3. The Hall–Kier alpha value is -2.42. The van der Waals surface area contributed by atoms with Crippen molar-refractivity contribution in [2.24, 2.45) is 0 Å². The number of rotatable bonds is 3. The van der Waals surface area contributed by atoms with Gasteiger partial charge < -0.3 is 5.11 Å². The summed E-state index contributed by atoms with van der Waals surface area (Å²) in [5.41, 5.74) is 0.895. The Bertz CT molecular complexity index is 571. The SMILES string of the molecule is O=C(/C=C(/O)c1ccccc1)c1ccc(F)cc1. The largest absolute Gasteiger partial charge is 0.507 e. The summed E-state index contributed by atoms with van der Waals surface area (Å²) in [6, 6.07) is 13.9. The van der Waals surface area contributed by atoms with Crippen LogP contribution in [0, 0.1) is 5.82 Å². The smallest absolute Gasteiger partial charge is 0.189 e. The van der Waals surface area contributed by atoms with Crippen molar-refractivity contribution in [1.29, 1.82) is 0 Å². The van der Waals surface area contributed by atoms with Crippen LogP contribution in [0.4, 0.5) is 4.39 Å². The number of allylic oxidation sites excluding steroid dienone is 1. The molecule has 0 aromatic heterocycles. The summed E-state index contributed by atoms with van der Waals surface area (Å²) in [6.45, 7) is 0. The number of aliphatic hydroxyl groups is 1. The van der Waals surface area contributed by atoms with E-state index in [1.54, 1.807) is 24.3 Å². The Morgan fingerprint density at radius 3 is 2.17 bits per heavy atom. The molecule has 18 heavy (non-hydrogen) atoms. The number of hydrogen-bond acceptors (Lipinski definition) is 2. The van der Waals surface area contributed by atoms with Crippen molar-refractivity contribution < 1.29 is 14.3 Å². The Labute approximate surface area is 104 Å². The van der Waals surface area contributed by atoms with Crippen LogP contribution >= 0.6 is 0 Å². The molecule has 2 aromatic carbocycles. The Kier molecular flexibility index (Phi) is 3.53. The van der Waals surface area contributed by atoms with E-state index in [0.29, 0.717) is 11.1 Å². The second-order valence-corrected chi connectivity index (χ2v) is 3.77. The van der Waals surface area contributed by atoms with Crippen molar-refractivity contribution in [2.45, 2.75) is 0 Å². The van der Waals surface area contributed by atoms with Gasteiger partial charge >= 0.3 is 0 Å². The fourth-order valence-corrected chi connectivity index (χ4v) is 1.51. The maximum Gasteiger partial charge on any atom is 0.189 e. The van der Waals surface area contributed by atoms with E-state index in [1.165, 1.54) is 24.3 Å². The van der Waals surface area contributed by atoms with Crippen molar-refractivity contribution in [3.05, 3.63) is 77.6 Å². The maximum atomic E-state index is 12.7. The molecule has 2 aromatic rings. The predicted molar refractivity (Wildman–Crippen MR) is 67.8 cm³/mol. The summed E-state index contributed by atoms with van der Waals surface area (Å²) in [7, 11) is 0. The van der Waals surface area contributed by atoms with Crippen molar-refractivity contribution >= 4 is 11.5 Å². The Morgan fingerprint density at radius 2 is 1.56 bits per heavy atom. The molecule has 0 atom stereocenters. The number of carbonyl (C=O) groups excluding carboxylic acids is 1. The highest BCUT2D eigenvalue weighted by atomic mass is 19.1. The second-order valence-electron chi connectivity index (χ2n) is 3.77. The number of halogens is 1. The zero-order chi connectivity index (χ0) is 13.0. The predicted octanol–water partition coefficient (Wildman–Crippen LogP) is 3.61. The first kappa shape index (κ1) is 12.0. The van der Waals surface area contributed by atoms with Crippen LogP contribution in [-0.2, 0) is 0 Å². The van der Waals surface area contributed by atoms with Gasteiger partial charge in [-0.25, -0.2) is 4.39 Å². The van der Waals surface area contributed by atoms with E-state index in [1.807, 2.05) is 6.07 Å². The first-order chi connectivity index (χ1) is 8.66. The molecule has 0 amide bonds. The highest BCUT2D eigenvalue weighted by Gasteiger charge is 2.05. The molecule has 90 valence electrons. The third kappa shape index (κ3) is 2.83. The molecule has 0 aliphatic carbocycles. The minimum Gasteiger partial charge on any atom is -0.507 e. The van der Waals surface area contributed by atoms with Gasteiger partial charge in [0.05, 0.1) is 0 Å². The molecule has 3 heteroatoms. The average Bonchev–Trinajstić information content (AvgIpc) is 2.40. The molecular weight excluding hydrogens is 231 g/mol. The van der Waals surface area contributed by atoms with Crippen molar-refractivity contribution in [2.75, 3.05) is 0 Å². The molecule has 0 saturated heterocycles. The first-order valence-corrected chi connectivity index (χ1v) is 5.43. The fourth-order valence-electron chi connectivity index (χ4n) is 1.51. The molecule has 0 spiro atoms. The number of carbonyl (C=O) groups is 1. The van der Waals surface area contributed by atoms with Crippen LogP contribution in [0.2, 0.25) is 0 Å². The molecule has 0 saturated carbocycles. The van der Waals surface area contributed by atoms with Crippen LogP contribution in [0.1, 0.15) is 15.9 Å². The summed E-state index contributed by atoms with van der Waals surface area (Å²) in [5, 5.41) is 9.77. The Balaban J connectivity index is 2.23. The standard InChI is InChI=1S/C15H11FO2/c16-13-8-6-12(7-9-13)15(18)10-14(17)11-4-2-1-3-5-11/h1-10,17H/b14-10+. The van der Waals surface area contributed by atoms with Crippen LogP contribution in [0.15, 0.2) is 60.7 Å². The third-order valence-electron chi connectivity index (χ3n) is 2.47. The van der Waals surface area contributed by atoms with E-state index in [2.05, 4.69) is 0 Å². The van der Waals surface area contributed by atoms with Crippen LogP contribution < -0.4 is 0 Å². The summed E-state index contributed by atoms with van der Waals surface area (Å²) in [6.07, 6.45) is 1.13. The van der Waals surface area contributed by atoms with Gasteiger partial charge in [0.15, 0.2) is 5.78 Å². The number of aliphatic hydroxyl groups excluding tert-OH is 1. The van der Waals surface area contributed by atoms with E-state index in [9.17, 15) is 14.3 Å². The quantitative estimate of drug-likeness (QED) is 0.507. The van der Waals surface area contributed by atoms with Crippen LogP contribution in [-0.4, -0.2) is 10.9 Å². The van der Waals surface area contributed by atoms with Gasteiger partial charge in [0.1, 0.15) is 11.6 Å². The molecule has 0 heterocycles. The molecule has 0 aliphatic heterocycles. The van der Waals surface area contributed by atoms with Crippen LogP contribution in [0.25, 0.3) is 5.76 Å². The van der Waals surface area contributed by atoms with Gasteiger partial charge in [0.2, 0.25) is 0 Å². The molecular formula is C15H11FO2. The molecule has 2 rings (SSSR count). The molecule has 0 aliphatic rings. The molecule has 0 radical (unpaired) electrons. The van der Waals surface area contributed by atoms with E-state index in [-0.39, 0.29) is 11.5 Å². The lowest BCUT2D eigenvalue weighted by Crippen LogP contribution is -1.96. The third-order valence-corrected chi connectivity index (χ3v) is 2.47. The molecule has 2 nitrogen and oxygen atoms in total. The summed E-state index contributed by atoms with van der Waals surface area (Å²) < 4.78 is 12.7. The van der Waals surface area contributed by atoms with Crippen molar-refractivity contribution in [1.82, 2.24) is 0 Å². The minimum atomic E-state index is -0.400. The number of hydrogen-bond donors (Lipinski definition) is 1. The van der Waals surface area contributed by atoms with Gasteiger partial charge in [-0.3, -0.25) is 4.79 Å². The monoisotopic (exact) mass is 242 g/mol. The highest BCUT2D eigenvalue weighted by Crippen LogP contribution is 2.12. The highest BCUT2D eigenvalue weighted by molar-refractivity contribution is 6.07.